The van der Waals surface area contributed by atoms with Gasteiger partial charge in [-0.25, -0.2) is 0 Å². The first-order valence-electron chi connectivity index (χ1n) is 8.87. The molecule has 1 aromatic rings. The Morgan fingerprint density at radius 3 is 2.46 bits per heavy atom. The molecule has 0 saturated carbocycles. The van der Waals surface area contributed by atoms with Gasteiger partial charge in [0.2, 0.25) is 0 Å². The third-order valence-electron chi connectivity index (χ3n) is 5.48. The number of carbonyl (C=O) groups excluding carboxylic acids is 1. The lowest BCUT2D eigenvalue weighted by Gasteiger charge is -2.32. The summed E-state index contributed by atoms with van der Waals surface area (Å²) in [6, 6.07) is 3.82. The number of carbonyl (C=O) groups is 1. The van der Waals surface area contributed by atoms with Crippen molar-refractivity contribution in [3.05, 3.63) is 23.3 Å². The van der Waals surface area contributed by atoms with Gasteiger partial charge in [0.25, 0.3) is 0 Å². The normalized spacial score (nSPS) is 21.8. The maximum atomic E-state index is 12.8. The van der Waals surface area contributed by atoms with Gasteiger partial charge in [-0.1, -0.05) is 0 Å². The molecule has 2 aliphatic rings. The molecule has 0 spiro atoms. The molecule has 0 aromatic heterocycles. The van der Waals surface area contributed by atoms with Gasteiger partial charge in [0.1, 0.15) is 0 Å². The van der Waals surface area contributed by atoms with Crippen LogP contribution in [0.2, 0.25) is 0 Å². The molecule has 1 aromatic carbocycles. The van der Waals surface area contributed by atoms with E-state index in [2.05, 4.69) is 4.90 Å². The molecular formula is C19H28N2O3. The van der Waals surface area contributed by atoms with Crippen LogP contribution >= 0.6 is 0 Å². The van der Waals surface area contributed by atoms with Crippen molar-refractivity contribution in [2.75, 3.05) is 40.4 Å². The molecule has 132 valence electrons. The first kappa shape index (κ1) is 17.2. The summed E-state index contributed by atoms with van der Waals surface area (Å²) in [5, 5.41) is 0. The molecule has 0 bridgehead atoms. The zero-order valence-electron chi connectivity index (χ0n) is 14.7. The minimum Gasteiger partial charge on any atom is -0.493 e. The fourth-order valence-electron chi connectivity index (χ4n) is 4.12. The highest BCUT2D eigenvalue weighted by atomic mass is 16.5. The zero-order chi connectivity index (χ0) is 17.1. The molecule has 1 fully saturated rings. The fourth-order valence-corrected chi connectivity index (χ4v) is 4.12. The highest BCUT2D eigenvalue weighted by molar-refractivity contribution is 6.02. The van der Waals surface area contributed by atoms with Crippen LogP contribution in [0.4, 0.5) is 0 Å². The van der Waals surface area contributed by atoms with Crippen molar-refractivity contribution in [1.82, 2.24) is 4.90 Å². The largest absolute Gasteiger partial charge is 0.493 e. The monoisotopic (exact) mass is 332 g/mol. The summed E-state index contributed by atoms with van der Waals surface area (Å²) in [5.74, 6) is 2.38. The van der Waals surface area contributed by atoms with Crippen LogP contribution in [0.5, 0.6) is 11.5 Å². The third-order valence-corrected chi connectivity index (χ3v) is 5.48. The van der Waals surface area contributed by atoms with E-state index in [4.69, 9.17) is 15.2 Å². The lowest BCUT2D eigenvalue weighted by Crippen LogP contribution is -2.37. The van der Waals surface area contributed by atoms with Crippen LogP contribution in [-0.2, 0) is 6.42 Å². The Morgan fingerprint density at radius 1 is 1.17 bits per heavy atom. The number of ether oxygens (including phenoxy) is 2. The summed E-state index contributed by atoms with van der Waals surface area (Å²) in [7, 11) is 3.24. The smallest absolute Gasteiger partial charge is 0.166 e. The second kappa shape index (κ2) is 7.53. The number of piperidine rings is 1. The second-order valence-electron chi connectivity index (χ2n) is 6.94. The molecule has 1 unspecified atom stereocenters. The highest BCUT2D eigenvalue weighted by Crippen LogP contribution is 2.39. The van der Waals surface area contributed by atoms with E-state index in [0.717, 1.165) is 50.1 Å². The number of Topliss-reactive ketones (excluding diaryl/α,β-unsaturated/α-hetero) is 1. The molecule has 1 aliphatic carbocycles. The molecule has 24 heavy (non-hydrogen) atoms. The number of likely N-dealkylation sites (tertiary alicyclic amines) is 1. The Hall–Kier alpha value is -1.59. The van der Waals surface area contributed by atoms with Gasteiger partial charge in [-0.15, -0.1) is 0 Å². The maximum absolute atomic E-state index is 12.8. The van der Waals surface area contributed by atoms with Crippen LogP contribution in [-0.4, -0.2) is 51.1 Å². The fraction of sp³-hybridized carbons (Fsp3) is 0.632. The molecule has 3 rings (SSSR count). The van der Waals surface area contributed by atoms with Crippen LogP contribution in [0.1, 0.15) is 35.2 Å². The van der Waals surface area contributed by atoms with E-state index in [0.29, 0.717) is 17.4 Å². The molecular weight excluding hydrogens is 304 g/mol. The first-order valence-corrected chi connectivity index (χ1v) is 8.87. The molecule has 0 amide bonds. The van der Waals surface area contributed by atoms with Crippen molar-refractivity contribution < 1.29 is 14.3 Å². The summed E-state index contributed by atoms with van der Waals surface area (Å²) >= 11 is 0. The van der Waals surface area contributed by atoms with Gasteiger partial charge in [-0.05, 0) is 62.4 Å². The van der Waals surface area contributed by atoms with Crippen molar-refractivity contribution in [2.45, 2.75) is 25.7 Å². The highest BCUT2D eigenvalue weighted by Gasteiger charge is 2.34. The van der Waals surface area contributed by atoms with E-state index in [1.807, 2.05) is 12.1 Å². The van der Waals surface area contributed by atoms with Gasteiger partial charge in [0.05, 0.1) is 14.2 Å². The predicted octanol–water partition coefficient (Wildman–Crippen LogP) is 2.12. The average molecular weight is 332 g/mol. The van der Waals surface area contributed by atoms with Crippen molar-refractivity contribution in [3.63, 3.8) is 0 Å². The van der Waals surface area contributed by atoms with E-state index in [-0.39, 0.29) is 11.7 Å². The van der Waals surface area contributed by atoms with Crippen molar-refractivity contribution in [1.29, 1.82) is 0 Å². The molecule has 5 heteroatoms. The molecule has 1 aliphatic heterocycles. The summed E-state index contributed by atoms with van der Waals surface area (Å²) in [6.07, 6.45) is 4.17. The molecule has 1 atom stereocenters. The van der Waals surface area contributed by atoms with Crippen LogP contribution in [0.25, 0.3) is 0 Å². The Balaban J connectivity index is 1.64. The molecule has 5 nitrogen and oxygen atoms in total. The number of nitrogens with zero attached hydrogens (tertiary/aromatic N) is 1. The predicted molar refractivity (Wildman–Crippen MR) is 93.9 cm³/mol. The standard InChI is InChI=1S/C19H28N2O3/c1-23-17-11-14-10-15(19(22)16(14)12-18(17)24-2)9-13-3-6-21(7-4-13)8-5-20/h11-13,15H,3-10,20H2,1-2H3. The number of fused-ring (bicyclic) bond motifs is 1. The van der Waals surface area contributed by atoms with Crippen molar-refractivity contribution >= 4 is 5.78 Å². The minimum atomic E-state index is 0.114. The molecule has 1 saturated heterocycles. The van der Waals surface area contributed by atoms with Gasteiger partial charge in [0, 0.05) is 24.6 Å². The quantitative estimate of drug-likeness (QED) is 0.864. The van der Waals surface area contributed by atoms with Crippen LogP contribution in [0, 0.1) is 11.8 Å². The maximum Gasteiger partial charge on any atom is 0.166 e. The van der Waals surface area contributed by atoms with Gasteiger partial charge in [0.15, 0.2) is 17.3 Å². The van der Waals surface area contributed by atoms with E-state index in [1.54, 1.807) is 14.2 Å². The van der Waals surface area contributed by atoms with E-state index in [9.17, 15) is 4.79 Å². The molecule has 1 heterocycles. The van der Waals surface area contributed by atoms with Crippen LogP contribution in [0.3, 0.4) is 0 Å². The van der Waals surface area contributed by atoms with Gasteiger partial charge in [-0.2, -0.15) is 0 Å². The zero-order valence-corrected chi connectivity index (χ0v) is 14.7. The van der Waals surface area contributed by atoms with Crippen LogP contribution in [0.15, 0.2) is 12.1 Å². The number of nitrogens with two attached hydrogens (primary N) is 1. The van der Waals surface area contributed by atoms with Crippen LogP contribution < -0.4 is 15.2 Å². The summed E-state index contributed by atoms with van der Waals surface area (Å²) in [5.41, 5.74) is 7.55. The number of ketones is 1. The number of rotatable bonds is 6. The van der Waals surface area contributed by atoms with Gasteiger partial charge in [-0.3, -0.25) is 4.79 Å². The first-order chi connectivity index (χ1) is 11.7. The van der Waals surface area contributed by atoms with Crippen molar-refractivity contribution in [2.24, 2.45) is 17.6 Å². The lowest BCUT2D eigenvalue weighted by molar-refractivity contribution is 0.0898. The van der Waals surface area contributed by atoms with E-state index >= 15 is 0 Å². The summed E-state index contributed by atoms with van der Waals surface area (Å²) < 4.78 is 10.7. The van der Waals surface area contributed by atoms with Crippen molar-refractivity contribution in [3.8, 4) is 11.5 Å². The summed E-state index contributed by atoms with van der Waals surface area (Å²) in [6.45, 7) is 3.93. The SMILES string of the molecule is COc1cc2c(cc1OC)C(=O)C(CC1CCN(CCN)CC1)C2. The average Bonchev–Trinajstić information content (AvgIpc) is 2.90. The number of benzene rings is 1. The number of hydrogen-bond donors (Lipinski definition) is 1. The topological polar surface area (TPSA) is 64.8 Å². The van der Waals surface area contributed by atoms with E-state index < -0.39 is 0 Å². The minimum absolute atomic E-state index is 0.114. The number of methoxy groups -OCH3 is 2. The molecule has 2 N–H and O–H groups in total. The second-order valence-corrected chi connectivity index (χ2v) is 6.94. The lowest BCUT2D eigenvalue weighted by atomic mass is 9.85. The summed E-state index contributed by atoms with van der Waals surface area (Å²) in [4.78, 5) is 15.2. The third kappa shape index (κ3) is 3.42. The Bertz CT molecular complexity index is 595. The van der Waals surface area contributed by atoms with Gasteiger partial charge >= 0.3 is 0 Å². The Labute approximate surface area is 144 Å². The Morgan fingerprint density at radius 2 is 1.83 bits per heavy atom. The van der Waals surface area contributed by atoms with Gasteiger partial charge < -0.3 is 20.1 Å². The van der Waals surface area contributed by atoms with E-state index in [1.165, 1.54) is 12.8 Å². The Kier molecular flexibility index (Phi) is 5.41. The number of hydrogen-bond acceptors (Lipinski definition) is 5. The molecule has 0 radical (unpaired) electrons.